The molecule has 0 bridgehead atoms. The molecule has 0 saturated carbocycles. The zero-order chi connectivity index (χ0) is 9.83. The van der Waals surface area contributed by atoms with Crippen LogP contribution in [-0.2, 0) is 0 Å². The van der Waals surface area contributed by atoms with Crippen LogP contribution in [0.4, 0.5) is 0 Å². The van der Waals surface area contributed by atoms with Gasteiger partial charge < -0.3 is 0 Å². The van der Waals surface area contributed by atoms with Crippen molar-refractivity contribution in [3.8, 4) is 11.1 Å². The van der Waals surface area contributed by atoms with Crippen LogP contribution in [0.15, 0.2) is 48.5 Å². The normalized spacial score (nSPS) is 25.1. The van der Waals surface area contributed by atoms with E-state index >= 15 is 0 Å². The molecule has 1 fully saturated rings. The maximum absolute atomic E-state index is 3.54. The molecule has 2 aromatic carbocycles. The van der Waals surface area contributed by atoms with Gasteiger partial charge in [0.05, 0.1) is 12.1 Å². The first-order valence-corrected chi connectivity index (χ1v) is 5.39. The van der Waals surface area contributed by atoms with Crippen molar-refractivity contribution in [1.82, 2.24) is 5.32 Å². The Balaban J connectivity index is 2.09. The van der Waals surface area contributed by atoms with Crippen molar-refractivity contribution < 1.29 is 0 Å². The van der Waals surface area contributed by atoms with E-state index in [0.717, 1.165) is 0 Å². The Hall–Kier alpha value is -1.60. The quantitative estimate of drug-likeness (QED) is 0.638. The fraction of sp³-hybridized carbons (Fsp3) is 0.143. The fourth-order valence-corrected chi connectivity index (χ4v) is 2.70. The highest BCUT2D eigenvalue weighted by Gasteiger charge is 2.44. The average Bonchev–Trinajstić information content (AvgIpc) is 3.10. The summed E-state index contributed by atoms with van der Waals surface area (Å²) in [6.45, 7) is 0. The highest BCUT2D eigenvalue weighted by atomic mass is 15.2. The summed E-state index contributed by atoms with van der Waals surface area (Å²) >= 11 is 0. The van der Waals surface area contributed by atoms with Crippen LogP contribution in [0.2, 0.25) is 0 Å². The van der Waals surface area contributed by atoms with Gasteiger partial charge in [-0.1, -0.05) is 48.5 Å². The molecule has 2 aromatic rings. The third-order valence-corrected chi connectivity index (χ3v) is 3.47. The van der Waals surface area contributed by atoms with Crippen molar-refractivity contribution in [2.75, 3.05) is 0 Å². The predicted octanol–water partition coefficient (Wildman–Crippen LogP) is 3.05. The minimum Gasteiger partial charge on any atom is -0.300 e. The monoisotopic (exact) mass is 193 g/mol. The maximum atomic E-state index is 3.54. The molecule has 1 nitrogen and oxygen atoms in total. The summed E-state index contributed by atoms with van der Waals surface area (Å²) in [6, 6.07) is 18.6. The third-order valence-electron chi connectivity index (χ3n) is 3.47. The molecule has 72 valence electrons. The van der Waals surface area contributed by atoms with Gasteiger partial charge >= 0.3 is 0 Å². The van der Waals surface area contributed by atoms with E-state index in [2.05, 4.69) is 53.8 Å². The standard InChI is InChI=1S/C14H11N/c1-3-7-11-9(5-1)10-6-2-4-8-12(10)14-13(11)15-14/h1-8,13-15H/t13-,14-/m1/s1. The van der Waals surface area contributed by atoms with Crippen LogP contribution in [0.25, 0.3) is 11.1 Å². The van der Waals surface area contributed by atoms with Crippen molar-refractivity contribution in [3.05, 3.63) is 59.7 Å². The van der Waals surface area contributed by atoms with Crippen molar-refractivity contribution in [2.45, 2.75) is 12.1 Å². The van der Waals surface area contributed by atoms with Gasteiger partial charge in [-0.3, -0.25) is 5.32 Å². The Labute approximate surface area is 88.8 Å². The van der Waals surface area contributed by atoms with E-state index in [4.69, 9.17) is 0 Å². The van der Waals surface area contributed by atoms with Gasteiger partial charge in [-0.05, 0) is 22.3 Å². The Bertz CT molecular complexity index is 495. The molecule has 0 aromatic heterocycles. The predicted molar refractivity (Wildman–Crippen MR) is 60.5 cm³/mol. The molecular formula is C14H11N. The Morgan fingerprint density at radius 1 is 0.667 bits per heavy atom. The molecule has 0 spiro atoms. The van der Waals surface area contributed by atoms with Crippen LogP contribution >= 0.6 is 0 Å². The highest BCUT2D eigenvalue weighted by molar-refractivity contribution is 5.76. The first kappa shape index (κ1) is 7.66. The van der Waals surface area contributed by atoms with Gasteiger partial charge in [0.15, 0.2) is 0 Å². The zero-order valence-corrected chi connectivity index (χ0v) is 8.27. The van der Waals surface area contributed by atoms with Crippen LogP contribution in [0.1, 0.15) is 23.2 Å². The summed E-state index contributed by atoms with van der Waals surface area (Å²) in [7, 11) is 0. The van der Waals surface area contributed by atoms with E-state index in [-0.39, 0.29) is 0 Å². The summed E-state index contributed by atoms with van der Waals surface area (Å²) in [6.07, 6.45) is 0. The van der Waals surface area contributed by atoms with E-state index in [1.807, 2.05) is 0 Å². The van der Waals surface area contributed by atoms with Crippen LogP contribution in [0.5, 0.6) is 0 Å². The van der Waals surface area contributed by atoms with E-state index in [9.17, 15) is 0 Å². The van der Waals surface area contributed by atoms with Gasteiger partial charge in [-0.2, -0.15) is 0 Å². The molecule has 1 heterocycles. The molecule has 15 heavy (non-hydrogen) atoms. The largest absolute Gasteiger partial charge is 0.300 e. The average molecular weight is 193 g/mol. The molecule has 1 heteroatoms. The summed E-state index contributed by atoms with van der Waals surface area (Å²) < 4.78 is 0. The lowest BCUT2D eigenvalue weighted by molar-refractivity contribution is 1.01. The molecule has 2 aliphatic rings. The second kappa shape index (κ2) is 2.50. The van der Waals surface area contributed by atoms with Crippen molar-refractivity contribution in [2.24, 2.45) is 0 Å². The Morgan fingerprint density at radius 3 is 1.67 bits per heavy atom. The SMILES string of the molecule is c1ccc2c(c1)-c1ccccc1[C@H]1N[C@H]21. The molecule has 1 N–H and O–H groups in total. The summed E-state index contributed by atoms with van der Waals surface area (Å²) in [4.78, 5) is 0. The molecule has 0 amide bonds. The van der Waals surface area contributed by atoms with Crippen molar-refractivity contribution >= 4 is 0 Å². The first-order valence-electron chi connectivity index (χ1n) is 5.39. The number of nitrogens with one attached hydrogen (secondary N) is 1. The van der Waals surface area contributed by atoms with Crippen molar-refractivity contribution in [1.29, 1.82) is 0 Å². The lowest BCUT2D eigenvalue weighted by Gasteiger charge is -2.17. The van der Waals surface area contributed by atoms with E-state index in [1.54, 1.807) is 0 Å². The van der Waals surface area contributed by atoms with Crippen LogP contribution in [-0.4, -0.2) is 0 Å². The first-order chi connectivity index (χ1) is 7.45. The Morgan fingerprint density at radius 2 is 1.13 bits per heavy atom. The van der Waals surface area contributed by atoms with Crippen LogP contribution in [0.3, 0.4) is 0 Å². The number of rotatable bonds is 0. The molecule has 2 atom stereocenters. The van der Waals surface area contributed by atoms with Gasteiger partial charge in [0, 0.05) is 0 Å². The van der Waals surface area contributed by atoms with Gasteiger partial charge in [0.25, 0.3) is 0 Å². The third kappa shape index (κ3) is 0.910. The maximum Gasteiger partial charge on any atom is 0.0530 e. The second-order valence-electron chi connectivity index (χ2n) is 4.30. The molecule has 0 radical (unpaired) electrons. The number of benzene rings is 2. The van der Waals surface area contributed by atoms with Gasteiger partial charge in [0.2, 0.25) is 0 Å². The number of hydrogen-bond acceptors (Lipinski definition) is 1. The summed E-state index contributed by atoms with van der Waals surface area (Å²) in [5.74, 6) is 0. The van der Waals surface area contributed by atoms with Gasteiger partial charge in [0.1, 0.15) is 0 Å². The van der Waals surface area contributed by atoms with Gasteiger partial charge in [-0.25, -0.2) is 0 Å². The topological polar surface area (TPSA) is 21.9 Å². The molecular weight excluding hydrogens is 182 g/mol. The minimum absolute atomic E-state index is 0.566. The highest BCUT2D eigenvalue weighted by Crippen LogP contribution is 2.52. The lowest BCUT2D eigenvalue weighted by atomic mass is 9.86. The fourth-order valence-electron chi connectivity index (χ4n) is 2.70. The van der Waals surface area contributed by atoms with Crippen LogP contribution < -0.4 is 5.32 Å². The number of fused-ring (bicyclic) bond motifs is 6. The summed E-state index contributed by atoms with van der Waals surface area (Å²) in [5.41, 5.74) is 5.72. The minimum atomic E-state index is 0.566. The van der Waals surface area contributed by atoms with E-state index < -0.39 is 0 Å². The zero-order valence-electron chi connectivity index (χ0n) is 8.27. The second-order valence-corrected chi connectivity index (χ2v) is 4.30. The van der Waals surface area contributed by atoms with Gasteiger partial charge in [-0.15, -0.1) is 0 Å². The van der Waals surface area contributed by atoms with E-state index in [0.29, 0.717) is 12.1 Å². The van der Waals surface area contributed by atoms with E-state index in [1.165, 1.54) is 22.3 Å². The van der Waals surface area contributed by atoms with Crippen LogP contribution in [0, 0.1) is 0 Å². The molecule has 1 saturated heterocycles. The Kier molecular flexibility index (Phi) is 1.28. The molecule has 1 aliphatic carbocycles. The summed E-state index contributed by atoms with van der Waals surface area (Å²) in [5, 5.41) is 3.54. The smallest absolute Gasteiger partial charge is 0.0530 e. The number of hydrogen-bond donors (Lipinski definition) is 1. The molecule has 4 rings (SSSR count). The lowest BCUT2D eigenvalue weighted by Crippen LogP contribution is -1.98. The van der Waals surface area contributed by atoms with Crippen molar-refractivity contribution in [3.63, 3.8) is 0 Å². The molecule has 1 aliphatic heterocycles. The molecule has 0 unspecified atom stereocenters.